The summed E-state index contributed by atoms with van der Waals surface area (Å²) in [4.78, 5) is 0. The van der Waals surface area contributed by atoms with Crippen LogP contribution < -0.4 is 5.73 Å². The van der Waals surface area contributed by atoms with Crippen molar-refractivity contribution in [3.63, 3.8) is 0 Å². The van der Waals surface area contributed by atoms with Crippen LogP contribution in [-0.2, 0) is 4.74 Å². The fourth-order valence-electron chi connectivity index (χ4n) is 2.15. The molecule has 0 aromatic heterocycles. The minimum absolute atomic E-state index is 0.610. The third-order valence-corrected chi connectivity index (χ3v) is 3.01. The molecule has 2 heteroatoms. The van der Waals surface area contributed by atoms with Gasteiger partial charge in [0.25, 0.3) is 0 Å². The summed E-state index contributed by atoms with van der Waals surface area (Å²) < 4.78 is 5.36. The van der Waals surface area contributed by atoms with Crippen LogP contribution in [0.25, 0.3) is 0 Å². The highest BCUT2D eigenvalue weighted by atomic mass is 16.5. The van der Waals surface area contributed by atoms with Crippen molar-refractivity contribution in [3.05, 3.63) is 0 Å². The Morgan fingerprint density at radius 1 is 1.60 bits per heavy atom. The zero-order valence-electron chi connectivity index (χ0n) is 6.31. The van der Waals surface area contributed by atoms with E-state index < -0.39 is 0 Å². The van der Waals surface area contributed by atoms with E-state index in [0.29, 0.717) is 5.41 Å². The number of ether oxygens (including phenoxy) is 1. The van der Waals surface area contributed by atoms with Gasteiger partial charge >= 0.3 is 0 Å². The minimum atomic E-state index is 0.610. The first kappa shape index (κ1) is 6.62. The van der Waals surface area contributed by atoms with Crippen LogP contribution in [0.15, 0.2) is 0 Å². The molecule has 0 amide bonds. The number of nitrogens with two attached hydrogens (primary N) is 1. The second kappa shape index (κ2) is 2.21. The van der Waals surface area contributed by atoms with Crippen LogP contribution in [0, 0.1) is 11.3 Å². The highest BCUT2D eigenvalue weighted by Gasteiger charge is 2.55. The van der Waals surface area contributed by atoms with Gasteiger partial charge in [-0.05, 0) is 37.1 Å². The Morgan fingerprint density at radius 3 is 3.10 bits per heavy atom. The van der Waals surface area contributed by atoms with Crippen LogP contribution in [0.5, 0.6) is 0 Å². The van der Waals surface area contributed by atoms with Crippen LogP contribution in [0.2, 0.25) is 0 Å². The molecule has 1 spiro atoms. The first-order valence-electron chi connectivity index (χ1n) is 4.15. The minimum Gasteiger partial charge on any atom is -0.381 e. The lowest BCUT2D eigenvalue weighted by molar-refractivity contribution is 0.178. The fourth-order valence-corrected chi connectivity index (χ4v) is 2.15. The predicted molar refractivity (Wildman–Crippen MR) is 39.6 cm³/mol. The van der Waals surface area contributed by atoms with Crippen molar-refractivity contribution < 1.29 is 4.74 Å². The van der Waals surface area contributed by atoms with Gasteiger partial charge in [-0.25, -0.2) is 0 Å². The summed E-state index contributed by atoms with van der Waals surface area (Å²) >= 11 is 0. The average molecular weight is 141 g/mol. The fraction of sp³-hybridized carbons (Fsp3) is 1.00. The first-order chi connectivity index (χ1) is 4.87. The summed E-state index contributed by atoms with van der Waals surface area (Å²) in [5.41, 5.74) is 6.09. The lowest BCUT2D eigenvalue weighted by Gasteiger charge is -2.03. The van der Waals surface area contributed by atoms with E-state index in [9.17, 15) is 0 Å². The Kier molecular flexibility index (Phi) is 1.46. The number of rotatable bonds is 2. The maximum atomic E-state index is 5.48. The molecule has 2 nitrogen and oxygen atoms in total. The number of hydrogen-bond acceptors (Lipinski definition) is 2. The molecule has 0 aromatic carbocycles. The molecular weight excluding hydrogens is 126 g/mol. The lowest BCUT2D eigenvalue weighted by atomic mass is 10.0. The van der Waals surface area contributed by atoms with Gasteiger partial charge in [0.1, 0.15) is 0 Å². The molecule has 1 heterocycles. The van der Waals surface area contributed by atoms with Gasteiger partial charge in [0.15, 0.2) is 0 Å². The van der Waals surface area contributed by atoms with E-state index in [0.717, 1.165) is 25.7 Å². The molecule has 2 rings (SSSR count). The summed E-state index contributed by atoms with van der Waals surface area (Å²) in [6.07, 6.45) is 3.88. The summed E-state index contributed by atoms with van der Waals surface area (Å²) in [5, 5.41) is 0. The predicted octanol–water partition coefficient (Wildman–Crippen LogP) is 0.762. The van der Waals surface area contributed by atoms with Gasteiger partial charge in [-0.1, -0.05) is 0 Å². The molecule has 2 unspecified atom stereocenters. The average Bonchev–Trinajstić information content (AvgIpc) is 2.43. The molecular formula is C8H15NO. The van der Waals surface area contributed by atoms with Crippen molar-refractivity contribution >= 4 is 0 Å². The highest BCUT2D eigenvalue weighted by Crippen LogP contribution is 2.59. The molecule has 2 aliphatic rings. The van der Waals surface area contributed by atoms with E-state index in [1.54, 1.807) is 0 Å². The molecule has 10 heavy (non-hydrogen) atoms. The summed E-state index contributed by atoms with van der Waals surface area (Å²) in [5.74, 6) is 0.903. The quantitative estimate of drug-likeness (QED) is 0.616. The molecule has 58 valence electrons. The molecule has 1 saturated carbocycles. The van der Waals surface area contributed by atoms with E-state index in [2.05, 4.69) is 0 Å². The van der Waals surface area contributed by atoms with Gasteiger partial charge < -0.3 is 10.5 Å². The zero-order chi connectivity index (χ0) is 7.03. The Balaban J connectivity index is 1.86. The number of hydrogen-bond donors (Lipinski definition) is 1. The normalized spacial score (nSPS) is 44.7. The van der Waals surface area contributed by atoms with E-state index in [1.165, 1.54) is 19.3 Å². The second-order valence-corrected chi connectivity index (χ2v) is 3.64. The van der Waals surface area contributed by atoms with Crippen molar-refractivity contribution in [2.45, 2.75) is 19.3 Å². The van der Waals surface area contributed by atoms with Gasteiger partial charge in [0, 0.05) is 6.61 Å². The maximum absolute atomic E-state index is 5.48. The van der Waals surface area contributed by atoms with E-state index >= 15 is 0 Å². The third kappa shape index (κ3) is 0.867. The standard InChI is InChI=1S/C8H15NO/c9-3-1-7-5-8(7)2-4-10-6-8/h7H,1-6,9H2. The third-order valence-electron chi connectivity index (χ3n) is 3.01. The Hall–Kier alpha value is -0.0800. The Morgan fingerprint density at radius 2 is 2.50 bits per heavy atom. The molecule has 2 N–H and O–H groups in total. The van der Waals surface area contributed by atoms with E-state index in [-0.39, 0.29) is 0 Å². The zero-order valence-corrected chi connectivity index (χ0v) is 6.31. The lowest BCUT2D eigenvalue weighted by Crippen LogP contribution is -2.07. The molecule has 1 aliphatic heterocycles. The monoisotopic (exact) mass is 141 g/mol. The van der Waals surface area contributed by atoms with Crippen LogP contribution in [0.4, 0.5) is 0 Å². The van der Waals surface area contributed by atoms with Crippen LogP contribution in [-0.4, -0.2) is 19.8 Å². The first-order valence-corrected chi connectivity index (χ1v) is 4.15. The van der Waals surface area contributed by atoms with Crippen LogP contribution in [0.3, 0.4) is 0 Å². The van der Waals surface area contributed by atoms with E-state index in [4.69, 9.17) is 10.5 Å². The van der Waals surface area contributed by atoms with Crippen molar-refractivity contribution in [2.75, 3.05) is 19.8 Å². The van der Waals surface area contributed by atoms with Gasteiger partial charge in [-0.2, -0.15) is 0 Å². The molecule has 1 saturated heterocycles. The Labute approximate surface area is 61.7 Å². The van der Waals surface area contributed by atoms with Gasteiger partial charge in [-0.15, -0.1) is 0 Å². The van der Waals surface area contributed by atoms with Gasteiger partial charge in [-0.3, -0.25) is 0 Å². The molecule has 0 radical (unpaired) electrons. The van der Waals surface area contributed by atoms with Crippen molar-refractivity contribution in [3.8, 4) is 0 Å². The summed E-state index contributed by atoms with van der Waals surface area (Å²) in [6.45, 7) is 2.85. The van der Waals surface area contributed by atoms with Crippen LogP contribution in [0.1, 0.15) is 19.3 Å². The topological polar surface area (TPSA) is 35.2 Å². The van der Waals surface area contributed by atoms with Gasteiger partial charge in [0.05, 0.1) is 6.61 Å². The van der Waals surface area contributed by atoms with E-state index in [1.807, 2.05) is 0 Å². The Bertz CT molecular complexity index is 129. The second-order valence-electron chi connectivity index (χ2n) is 3.64. The van der Waals surface area contributed by atoms with Crippen LogP contribution >= 0.6 is 0 Å². The molecule has 2 atom stereocenters. The molecule has 0 aromatic rings. The van der Waals surface area contributed by atoms with Gasteiger partial charge in [0.2, 0.25) is 0 Å². The molecule has 2 fully saturated rings. The van der Waals surface area contributed by atoms with Crippen molar-refractivity contribution in [1.82, 2.24) is 0 Å². The smallest absolute Gasteiger partial charge is 0.0526 e. The molecule has 1 aliphatic carbocycles. The van der Waals surface area contributed by atoms with Crippen molar-refractivity contribution in [2.24, 2.45) is 17.1 Å². The highest BCUT2D eigenvalue weighted by molar-refractivity contribution is 5.03. The summed E-state index contributed by atoms with van der Waals surface area (Å²) in [6, 6.07) is 0. The largest absolute Gasteiger partial charge is 0.381 e. The van der Waals surface area contributed by atoms with Crippen molar-refractivity contribution in [1.29, 1.82) is 0 Å². The summed E-state index contributed by atoms with van der Waals surface area (Å²) in [7, 11) is 0. The maximum Gasteiger partial charge on any atom is 0.0526 e. The molecule has 0 bridgehead atoms. The SMILES string of the molecule is NCCC1CC12CCOC2.